The molecule has 0 aliphatic rings. The first-order valence-electron chi connectivity index (χ1n) is 7.95. The maximum atomic E-state index is 12.9. The van der Waals surface area contributed by atoms with Gasteiger partial charge >= 0.3 is 0 Å². The van der Waals surface area contributed by atoms with E-state index < -0.39 is 0 Å². The average Bonchev–Trinajstić information content (AvgIpc) is 2.90. The van der Waals surface area contributed by atoms with Gasteiger partial charge in [0.15, 0.2) is 11.4 Å². The van der Waals surface area contributed by atoms with Gasteiger partial charge < -0.3 is 10.1 Å². The zero-order valence-electron chi connectivity index (χ0n) is 14.3. The highest BCUT2D eigenvalue weighted by Gasteiger charge is 2.19. The minimum atomic E-state index is -0.179. The monoisotopic (exact) mass is 323 g/mol. The lowest BCUT2D eigenvalue weighted by atomic mass is 10.0. The summed E-state index contributed by atoms with van der Waals surface area (Å²) in [6, 6.07) is 11.5. The molecular formula is C19H21N3O2. The van der Waals surface area contributed by atoms with E-state index in [-0.39, 0.29) is 5.91 Å². The predicted molar refractivity (Wildman–Crippen MR) is 95.0 cm³/mol. The van der Waals surface area contributed by atoms with Gasteiger partial charge in [-0.3, -0.25) is 9.20 Å². The predicted octanol–water partition coefficient (Wildman–Crippen LogP) is 4.03. The molecule has 1 amide bonds. The summed E-state index contributed by atoms with van der Waals surface area (Å²) in [5.41, 5.74) is 3.76. The number of aryl methyl sites for hydroxylation is 1. The lowest BCUT2D eigenvalue weighted by molar-refractivity contribution is 0.102. The maximum Gasteiger partial charge on any atom is 0.274 e. The number of nitrogens with one attached hydrogen (secondary N) is 1. The number of imidazole rings is 1. The Morgan fingerprint density at radius 1 is 1.21 bits per heavy atom. The van der Waals surface area contributed by atoms with Crippen LogP contribution in [0, 0.1) is 6.92 Å². The van der Waals surface area contributed by atoms with Crippen LogP contribution in [0.1, 0.15) is 41.5 Å². The number of pyridine rings is 1. The van der Waals surface area contributed by atoms with Gasteiger partial charge in [-0.25, -0.2) is 4.98 Å². The topological polar surface area (TPSA) is 55.6 Å². The molecule has 0 aliphatic carbocycles. The smallest absolute Gasteiger partial charge is 0.274 e. The number of carbonyl (C=O) groups excluding carboxylic acids is 1. The number of amides is 1. The molecule has 1 aromatic carbocycles. The van der Waals surface area contributed by atoms with Gasteiger partial charge in [0.05, 0.1) is 12.8 Å². The van der Waals surface area contributed by atoms with Crippen molar-refractivity contribution in [1.29, 1.82) is 0 Å². The van der Waals surface area contributed by atoms with Crippen molar-refractivity contribution in [2.45, 2.75) is 26.7 Å². The SMILES string of the molecule is COc1cccn2c(C(=O)Nc3ccccc3C(C)C)c(C)nc12. The molecule has 2 aromatic heterocycles. The molecule has 3 aromatic rings. The van der Waals surface area contributed by atoms with E-state index in [1.54, 1.807) is 11.5 Å². The number of fused-ring (bicyclic) bond motifs is 1. The average molecular weight is 323 g/mol. The van der Waals surface area contributed by atoms with Crippen LogP contribution >= 0.6 is 0 Å². The van der Waals surface area contributed by atoms with Crippen LogP contribution in [0.4, 0.5) is 5.69 Å². The second-order valence-corrected chi connectivity index (χ2v) is 6.01. The van der Waals surface area contributed by atoms with Crippen LogP contribution in [0.2, 0.25) is 0 Å². The van der Waals surface area contributed by atoms with Gasteiger partial charge in [-0.2, -0.15) is 0 Å². The Balaban J connectivity index is 2.03. The number of benzene rings is 1. The Morgan fingerprint density at radius 3 is 2.67 bits per heavy atom. The number of aromatic nitrogens is 2. The summed E-state index contributed by atoms with van der Waals surface area (Å²) < 4.78 is 7.09. The number of para-hydroxylation sites is 1. The highest BCUT2D eigenvalue weighted by atomic mass is 16.5. The number of hydrogen-bond donors (Lipinski definition) is 1. The fourth-order valence-electron chi connectivity index (χ4n) is 2.88. The largest absolute Gasteiger partial charge is 0.493 e. The number of hydrogen-bond acceptors (Lipinski definition) is 3. The van der Waals surface area contributed by atoms with Gasteiger partial charge in [0.25, 0.3) is 5.91 Å². The number of methoxy groups -OCH3 is 1. The van der Waals surface area contributed by atoms with Crippen molar-refractivity contribution < 1.29 is 9.53 Å². The number of ether oxygens (including phenoxy) is 1. The normalized spacial score (nSPS) is 11.0. The molecule has 0 saturated carbocycles. The van der Waals surface area contributed by atoms with Crippen molar-refractivity contribution in [3.05, 3.63) is 59.5 Å². The number of rotatable bonds is 4. The first-order valence-corrected chi connectivity index (χ1v) is 7.95. The van der Waals surface area contributed by atoms with E-state index in [0.717, 1.165) is 11.3 Å². The Bertz CT molecular complexity index is 897. The standard InChI is InChI=1S/C19H21N3O2/c1-12(2)14-8-5-6-9-15(14)21-19(23)17-13(3)20-18-16(24-4)10-7-11-22(17)18/h5-12H,1-4H3,(H,21,23). The lowest BCUT2D eigenvalue weighted by Gasteiger charge is -2.13. The quantitative estimate of drug-likeness (QED) is 0.789. The third-order valence-corrected chi connectivity index (χ3v) is 4.05. The first-order chi connectivity index (χ1) is 11.5. The van der Waals surface area contributed by atoms with E-state index in [0.29, 0.717) is 28.7 Å². The van der Waals surface area contributed by atoms with Crippen LogP contribution < -0.4 is 10.1 Å². The molecule has 0 aliphatic heterocycles. The minimum Gasteiger partial charge on any atom is -0.493 e. The van der Waals surface area contributed by atoms with Gasteiger partial charge in [0.1, 0.15) is 5.69 Å². The van der Waals surface area contributed by atoms with Crippen LogP contribution in [-0.2, 0) is 0 Å². The van der Waals surface area contributed by atoms with E-state index in [1.165, 1.54) is 0 Å². The summed E-state index contributed by atoms with van der Waals surface area (Å²) in [6.07, 6.45) is 1.82. The van der Waals surface area contributed by atoms with Crippen molar-refractivity contribution in [3.63, 3.8) is 0 Å². The number of carbonyl (C=O) groups is 1. The molecule has 2 heterocycles. The molecule has 124 valence electrons. The van der Waals surface area contributed by atoms with Gasteiger partial charge in [-0.15, -0.1) is 0 Å². The second-order valence-electron chi connectivity index (χ2n) is 6.01. The molecule has 0 saturated heterocycles. The van der Waals surface area contributed by atoms with Crippen molar-refractivity contribution in [2.24, 2.45) is 0 Å². The van der Waals surface area contributed by atoms with Crippen molar-refractivity contribution in [1.82, 2.24) is 9.38 Å². The maximum absolute atomic E-state index is 12.9. The molecule has 1 N–H and O–H groups in total. The zero-order chi connectivity index (χ0) is 17.3. The molecule has 3 rings (SSSR count). The first kappa shape index (κ1) is 16.1. The third-order valence-electron chi connectivity index (χ3n) is 4.05. The lowest BCUT2D eigenvalue weighted by Crippen LogP contribution is -2.17. The van der Waals surface area contributed by atoms with Gasteiger partial charge in [0.2, 0.25) is 0 Å². The van der Waals surface area contributed by atoms with Crippen LogP contribution in [0.15, 0.2) is 42.6 Å². The van der Waals surface area contributed by atoms with E-state index in [2.05, 4.69) is 24.1 Å². The van der Waals surface area contributed by atoms with Crippen LogP contribution in [0.3, 0.4) is 0 Å². The molecule has 0 bridgehead atoms. The number of anilines is 1. The molecule has 0 spiro atoms. The highest BCUT2D eigenvalue weighted by Crippen LogP contribution is 2.26. The fourth-order valence-corrected chi connectivity index (χ4v) is 2.88. The van der Waals surface area contributed by atoms with Crippen LogP contribution in [0.25, 0.3) is 5.65 Å². The molecule has 0 radical (unpaired) electrons. The van der Waals surface area contributed by atoms with Gasteiger partial charge in [-0.1, -0.05) is 32.0 Å². The fraction of sp³-hybridized carbons (Fsp3) is 0.263. The minimum absolute atomic E-state index is 0.179. The molecule has 0 atom stereocenters. The van der Waals surface area contributed by atoms with Gasteiger partial charge in [-0.05, 0) is 36.6 Å². The van der Waals surface area contributed by atoms with Crippen LogP contribution in [-0.4, -0.2) is 22.4 Å². The van der Waals surface area contributed by atoms with E-state index >= 15 is 0 Å². The van der Waals surface area contributed by atoms with Crippen LogP contribution in [0.5, 0.6) is 5.75 Å². The second kappa shape index (κ2) is 6.35. The van der Waals surface area contributed by atoms with E-state index in [9.17, 15) is 4.79 Å². The molecule has 0 unspecified atom stereocenters. The summed E-state index contributed by atoms with van der Waals surface area (Å²) in [6.45, 7) is 6.04. The summed E-state index contributed by atoms with van der Waals surface area (Å²) in [5, 5.41) is 3.02. The molecule has 5 nitrogen and oxygen atoms in total. The van der Waals surface area contributed by atoms with Crippen molar-refractivity contribution in [3.8, 4) is 5.75 Å². The highest BCUT2D eigenvalue weighted by molar-refractivity contribution is 6.05. The van der Waals surface area contributed by atoms with Crippen molar-refractivity contribution >= 4 is 17.2 Å². The Labute approximate surface area is 141 Å². The summed E-state index contributed by atoms with van der Waals surface area (Å²) in [7, 11) is 1.60. The molecule has 5 heteroatoms. The Hall–Kier alpha value is -2.82. The van der Waals surface area contributed by atoms with Crippen molar-refractivity contribution in [2.75, 3.05) is 12.4 Å². The van der Waals surface area contributed by atoms with E-state index in [1.807, 2.05) is 49.5 Å². The molecule has 0 fully saturated rings. The molecule has 24 heavy (non-hydrogen) atoms. The Kier molecular flexibility index (Phi) is 4.25. The van der Waals surface area contributed by atoms with E-state index in [4.69, 9.17) is 4.74 Å². The van der Waals surface area contributed by atoms with Gasteiger partial charge in [0, 0.05) is 11.9 Å². The molecular weight excluding hydrogens is 302 g/mol. The Morgan fingerprint density at radius 2 is 1.96 bits per heavy atom. The summed E-state index contributed by atoms with van der Waals surface area (Å²) in [5.74, 6) is 0.786. The summed E-state index contributed by atoms with van der Waals surface area (Å²) >= 11 is 0. The summed E-state index contributed by atoms with van der Waals surface area (Å²) in [4.78, 5) is 17.4. The zero-order valence-corrected chi connectivity index (χ0v) is 14.3. The third kappa shape index (κ3) is 2.73. The number of nitrogens with zero attached hydrogens (tertiary/aromatic N) is 2.